The second kappa shape index (κ2) is 4.07. The fourth-order valence-corrected chi connectivity index (χ4v) is 1.87. The minimum Gasteiger partial charge on any atom is -0.306 e. The number of aromatic nitrogens is 2. The molecule has 0 unspecified atom stereocenters. The molecule has 0 saturated carbocycles. The van der Waals surface area contributed by atoms with Gasteiger partial charge in [0.1, 0.15) is 17.8 Å². The highest BCUT2D eigenvalue weighted by atomic mass is 19.1. The summed E-state index contributed by atoms with van der Waals surface area (Å²) in [6, 6.07) is 9.83. The molecule has 0 N–H and O–H groups in total. The number of imidazole rings is 1. The number of halogens is 1. The molecule has 18 heavy (non-hydrogen) atoms. The van der Waals surface area contributed by atoms with E-state index in [1.807, 2.05) is 0 Å². The summed E-state index contributed by atoms with van der Waals surface area (Å²) in [6.45, 7) is 0. The summed E-state index contributed by atoms with van der Waals surface area (Å²) in [4.78, 5) is 15.0. The molecule has 3 nitrogen and oxygen atoms in total. The molecule has 0 aliphatic rings. The Kier molecular flexibility index (Phi) is 2.41. The first-order chi connectivity index (χ1) is 8.78. The van der Waals surface area contributed by atoms with E-state index < -0.39 is 0 Å². The second-order valence-corrected chi connectivity index (χ2v) is 3.95. The average molecular weight is 240 g/mol. The van der Waals surface area contributed by atoms with Crippen molar-refractivity contribution < 1.29 is 9.18 Å². The number of aldehydes is 1. The van der Waals surface area contributed by atoms with Crippen LogP contribution in [0.2, 0.25) is 0 Å². The van der Waals surface area contributed by atoms with Gasteiger partial charge in [-0.05, 0) is 24.3 Å². The molecule has 0 aliphatic heterocycles. The molecule has 0 bridgehead atoms. The van der Waals surface area contributed by atoms with Crippen LogP contribution in [0.3, 0.4) is 0 Å². The van der Waals surface area contributed by atoms with Gasteiger partial charge in [-0.1, -0.05) is 12.1 Å². The van der Waals surface area contributed by atoms with Crippen molar-refractivity contribution in [2.24, 2.45) is 0 Å². The van der Waals surface area contributed by atoms with Gasteiger partial charge in [-0.3, -0.25) is 4.79 Å². The molecule has 0 atom stereocenters. The van der Waals surface area contributed by atoms with Crippen molar-refractivity contribution in [3.63, 3.8) is 0 Å². The Bertz CT molecular complexity index is 733. The highest BCUT2D eigenvalue weighted by Crippen LogP contribution is 2.22. The third kappa shape index (κ3) is 1.68. The molecule has 2 aromatic heterocycles. The van der Waals surface area contributed by atoms with Gasteiger partial charge in [-0.2, -0.15) is 0 Å². The SMILES string of the molecule is O=Cc1ccn2cc(-c3ccccc3F)nc2c1. The molecule has 0 amide bonds. The Hall–Kier alpha value is -2.49. The van der Waals surface area contributed by atoms with E-state index in [1.54, 1.807) is 47.1 Å². The summed E-state index contributed by atoms with van der Waals surface area (Å²) in [7, 11) is 0. The van der Waals surface area contributed by atoms with Gasteiger partial charge in [0.05, 0.1) is 5.69 Å². The van der Waals surface area contributed by atoms with Crippen LogP contribution in [0.4, 0.5) is 4.39 Å². The molecule has 0 fully saturated rings. The van der Waals surface area contributed by atoms with Crippen LogP contribution in [0.1, 0.15) is 10.4 Å². The van der Waals surface area contributed by atoms with Crippen LogP contribution >= 0.6 is 0 Å². The predicted molar refractivity (Wildman–Crippen MR) is 66.0 cm³/mol. The summed E-state index contributed by atoms with van der Waals surface area (Å²) in [5, 5.41) is 0. The monoisotopic (exact) mass is 240 g/mol. The largest absolute Gasteiger partial charge is 0.306 e. The minimum absolute atomic E-state index is 0.309. The molecular formula is C14H9FN2O. The van der Waals surface area contributed by atoms with E-state index in [2.05, 4.69) is 4.98 Å². The molecule has 0 aliphatic carbocycles. The Labute approximate surface area is 103 Å². The van der Waals surface area contributed by atoms with Gasteiger partial charge in [0.2, 0.25) is 0 Å². The normalized spacial score (nSPS) is 10.7. The van der Waals surface area contributed by atoms with E-state index in [0.29, 0.717) is 22.5 Å². The number of nitrogens with zero attached hydrogens (tertiary/aromatic N) is 2. The van der Waals surface area contributed by atoms with Crippen LogP contribution in [0.5, 0.6) is 0 Å². The molecule has 88 valence electrons. The smallest absolute Gasteiger partial charge is 0.150 e. The molecule has 0 saturated heterocycles. The van der Waals surface area contributed by atoms with Crippen LogP contribution in [-0.4, -0.2) is 15.7 Å². The maximum Gasteiger partial charge on any atom is 0.150 e. The molecular weight excluding hydrogens is 231 g/mol. The van der Waals surface area contributed by atoms with Gasteiger partial charge >= 0.3 is 0 Å². The van der Waals surface area contributed by atoms with Crippen LogP contribution in [-0.2, 0) is 0 Å². The minimum atomic E-state index is -0.309. The summed E-state index contributed by atoms with van der Waals surface area (Å²) in [6.07, 6.45) is 4.23. The second-order valence-electron chi connectivity index (χ2n) is 3.95. The van der Waals surface area contributed by atoms with Crippen molar-refractivity contribution in [2.75, 3.05) is 0 Å². The predicted octanol–water partition coefficient (Wildman–Crippen LogP) is 2.95. The van der Waals surface area contributed by atoms with Crippen molar-refractivity contribution in [3.8, 4) is 11.3 Å². The van der Waals surface area contributed by atoms with E-state index in [4.69, 9.17) is 0 Å². The fourth-order valence-electron chi connectivity index (χ4n) is 1.87. The lowest BCUT2D eigenvalue weighted by molar-refractivity contribution is 0.112. The molecule has 0 radical (unpaired) electrons. The fraction of sp³-hybridized carbons (Fsp3) is 0. The Morgan fingerprint density at radius 3 is 2.83 bits per heavy atom. The lowest BCUT2D eigenvalue weighted by Crippen LogP contribution is -1.85. The third-order valence-corrected chi connectivity index (χ3v) is 2.77. The number of carbonyl (C=O) groups is 1. The highest BCUT2D eigenvalue weighted by molar-refractivity contribution is 5.77. The topological polar surface area (TPSA) is 34.4 Å². The number of pyridine rings is 1. The molecule has 4 heteroatoms. The van der Waals surface area contributed by atoms with Gasteiger partial charge in [-0.25, -0.2) is 9.37 Å². The van der Waals surface area contributed by atoms with Crippen LogP contribution in [0.15, 0.2) is 48.8 Å². The number of hydrogen-bond donors (Lipinski definition) is 0. The molecule has 1 aromatic carbocycles. The Morgan fingerprint density at radius 2 is 2.06 bits per heavy atom. The number of hydrogen-bond acceptors (Lipinski definition) is 2. The summed E-state index contributed by atoms with van der Waals surface area (Å²) in [5.74, 6) is -0.309. The van der Waals surface area contributed by atoms with E-state index in [-0.39, 0.29) is 5.82 Å². The lowest BCUT2D eigenvalue weighted by atomic mass is 10.1. The van der Waals surface area contributed by atoms with E-state index in [0.717, 1.165) is 6.29 Å². The van der Waals surface area contributed by atoms with Gasteiger partial charge in [0, 0.05) is 23.5 Å². The summed E-state index contributed by atoms with van der Waals surface area (Å²) in [5.41, 5.74) is 2.18. The van der Waals surface area contributed by atoms with E-state index in [1.165, 1.54) is 6.07 Å². The van der Waals surface area contributed by atoms with E-state index in [9.17, 15) is 9.18 Å². The summed E-state index contributed by atoms with van der Waals surface area (Å²) < 4.78 is 15.4. The first-order valence-electron chi connectivity index (χ1n) is 5.47. The van der Waals surface area contributed by atoms with Crippen molar-refractivity contribution in [1.82, 2.24) is 9.38 Å². The molecule has 3 rings (SSSR count). The van der Waals surface area contributed by atoms with Crippen LogP contribution in [0, 0.1) is 5.82 Å². The van der Waals surface area contributed by atoms with Crippen molar-refractivity contribution >= 4 is 11.9 Å². The maximum atomic E-state index is 13.6. The molecule has 3 aromatic rings. The van der Waals surface area contributed by atoms with Gasteiger partial charge in [0.25, 0.3) is 0 Å². The zero-order chi connectivity index (χ0) is 12.5. The summed E-state index contributed by atoms with van der Waals surface area (Å²) >= 11 is 0. The van der Waals surface area contributed by atoms with Gasteiger partial charge < -0.3 is 4.40 Å². The number of fused-ring (bicyclic) bond motifs is 1. The maximum absolute atomic E-state index is 13.6. The molecule has 2 heterocycles. The Morgan fingerprint density at radius 1 is 1.22 bits per heavy atom. The quantitative estimate of drug-likeness (QED) is 0.645. The number of rotatable bonds is 2. The molecule has 0 spiro atoms. The highest BCUT2D eigenvalue weighted by Gasteiger charge is 2.08. The van der Waals surface area contributed by atoms with Crippen LogP contribution in [0.25, 0.3) is 16.9 Å². The average Bonchev–Trinajstić information content (AvgIpc) is 2.81. The zero-order valence-electron chi connectivity index (χ0n) is 9.38. The van der Waals surface area contributed by atoms with Crippen molar-refractivity contribution in [3.05, 3.63) is 60.2 Å². The third-order valence-electron chi connectivity index (χ3n) is 2.77. The van der Waals surface area contributed by atoms with E-state index >= 15 is 0 Å². The lowest BCUT2D eigenvalue weighted by Gasteiger charge is -1.96. The van der Waals surface area contributed by atoms with Gasteiger partial charge in [-0.15, -0.1) is 0 Å². The van der Waals surface area contributed by atoms with Gasteiger partial charge in [0.15, 0.2) is 0 Å². The number of benzene rings is 1. The van der Waals surface area contributed by atoms with Crippen molar-refractivity contribution in [2.45, 2.75) is 0 Å². The first kappa shape index (κ1) is 10.7. The standard InChI is InChI=1S/C14H9FN2O/c15-12-4-2-1-3-11(12)13-8-17-6-5-10(9-18)7-14(17)16-13/h1-9H. The number of carbonyl (C=O) groups excluding carboxylic acids is 1. The Balaban J connectivity index is 2.19. The van der Waals surface area contributed by atoms with Crippen molar-refractivity contribution in [1.29, 1.82) is 0 Å². The first-order valence-corrected chi connectivity index (χ1v) is 5.47. The van der Waals surface area contributed by atoms with Crippen LogP contribution < -0.4 is 0 Å². The zero-order valence-corrected chi connectivity index (χ0v) is 9.38.